The van der Waals surface area contributed by atoms with E-state index in [9.17, 15) is 9.59 Å². The van der Waals surface area contributed by atoms with Gasteiger partial charge in [0.2, 0.25) is 0 Å². The standard InChI is InChI=1S/C17H15NO4S2/c1-10-12(8-11-4-2-3-5-13(11)22-10)9-14-16(21)18(17(23)24-14)7-6-15(19)20/h2-5,8-10H,6-7H2,1H3,(H,19,20)/b14-9-/t10-/m1/s1. The second-order valence-corrected chi connectivity index (χ2v) is 7.10. The van der Waals surface area contributed by atoms with E-state index in [2.05, 4.69) is 0 Å². The molecule has 1 amide bonds. The Kier molecular flexibility index (Phi) is 4.73. The largest absolute Gasteiger partial charge is 0.485 e. The molecule has 0 spiro atoms. The van der Waals surface area contributed by atoms with Crippen LogP contribution in [-0.4, -0.2) is 38.9 Å². The minimum atomic E-state index is -0.957. The molecule has 0 saturated carbocycles. The number of thiocarbonyl (C=S) groups is 1. The smallest absolute Gasteiger partial charge is 0.305 e. The van der Waals surface area contributed by atoms with E-state index in [0.29, 0.717) is 9.23 Å². The topological polar surface area (TPSA) is 66.8 Å². The summed E-state index contributed by atoms with van der Waals surface area (Å²) >= 11 is 6.38. The van der Waals surface area contributed by atoms with Gasteiger partial charge in [0.15, 0.2) is 0 Å². The molecule has 0 aromatic heterocycles. The molecule has 1 saturated heterocycles. The van der Waals surface area contributed by atoms with Crippen molar-refractivity contribution in [3.63, 3.8) is 0 Å². The van der Waals surface area contributed by atoms with Gasteiger partial charge in [-0.1, -0.05) is 42.2 Å². The van der Waals surface area contributed by atoms with Crippen molar-refractivity contribution >= 4 is 46.3 Å². The number of carbonyl (C=O) groups is 2. The number of carboxylic acids is 1. The summed E-state index contributed by atoms with van der Waals surface area (Å²) in [5, 5.41) is 8.77. The van der Waals surface area contributed by atoms with Crippen LogP contribution < -0.4 is 4.74 Å². The monoisotopic (exact) mass is 361 g/mol. The van der Waals surface area contributed by atoms with Crippen LogP contribution in [0.4, 0.5) is 0 Å². The van der Waals surface area contributed by atoms with Crippen LogP contribution in [-0.2, 0) is 9.59 Å². The molecule has 1 N–H and O–H groups in total. The maximum absolute atomic E-state index is 12.4. The molecule has 0 radical (unpaired) electrons. The quantitative estimate of drug-likeness (QED) is 0.657. The molecule has 7 heteroatoms. The molecule has 5 nitrogen and oxygen atoms in total. The van der Waals surface area contributed by atoms with Crippen molar-refractivity contribution in [2.24, 2.45) is 0 Å². The molecular formula is C17H15NO4S2. The number of aliphatic carboxylic acids is 1. The molecule has 0 bridgehead atoms. The highest BCUT2D eigenvalue weighted by atomic mass is 32.2. The van der Waals surface area contributed by atoms with Crippen molar-refractivity contribution in [3.05, 3.63) is 46.4 Å². The minimum absolute atomic E-state index is 0.0886. The van der Waals surface area contributed by atoms with Crippen molar-refractivity contribution in [2.75, 3.05) is 6.54 Å². The number of fused-ring (bicyclic) bond motifs is 1. The van der Waals surface area contributed by atoms with Crippen LogP contribution in [0.3, 0.4) is 0 Å². The third-order valence-electron chi connectivity index (χ3n) is 3.73. The lowest BCUT2D eigenvalue weighted by molar-refractivity contribution is -0.137. The first kappa shape index (κ1) is 16.7. The molecule has 24 heavy (non-hydrogen) atoms. The van der Waals surface area contributed by atoms with Gasteiger partial charge in [0.05, 0.1) is 11.3 Å². The van der Waals surface area contributed by atoms with Gasteiger partial charge < -0.3 is 9.84 Å². The number of thioether (sulfide) groups is 1. The summed E-state index contributed by atoms with van der Waals surface area (Å²) in [6.07, 6.45) is 3.46. The fourth-order valence-electron chi connectivity index (χ4n) is 2.47. The lowest BCUT2D eigenvalue weighted by Gasteiger charge is -2.23. The fourth-order valence-corrected chi connectivity index (χ4v) is 3.78. The molecule has 0 aliphatic carbocycles. The van der Waals surface area contributed by atoms with Crippen LogP contribution in [0.15, 0.2) is 40.8 Å². The van der Waals surface area contributed by atoms with E-state index >= 15 is 0 Å². The van der Waals surface area contributed by atoms with Gasteiger partial charge in [0, 0.05) is 12.1 Å². The third-order valence-corrected chi connectivity index (χ3v) is 5.11. The van der Waals surface area contributed by atoms with Gasteiger partial charge in [-0.2, -0.15) is 0 Å². The third kappa shape index (κ3) is 3.37. The Bertz CT molecular complexity index is 785. The van der Waals surface area contributed by atoms with Crippen LogP contribution in [0.5, 0.6) is 5.75 Å². The summed E-state index contributed by atoms with van der Waals surface area (Å²) in [5.74, 6) is -0.393. The molecule has 1 fully saturated rings. The number of ether oxygens (including phenoxy) is 1. The van der Waals surface area contributed by atoms with E-state index in [1.807, 2.05) is 37.3 Å². The molecule has 2 aliphatic heterocycles. The van der Waals surface area contributed by atoms with Crippen molar-refractivity contribution in [1.29, 1.82) is 0 Å². The zero-order valence-corrected chi connectivity index (χ0v) is 14.5. The Morgan fingerprint density at radius 2 is 2.21 bits per heavy atom. The lowest BCUT2D eigenvalue weighted by atomic mass is 10.0. The van der Waals surface area contributed by atoms with Gasteiger partial charge in [-0.25, -0.2) is 0 Å². The van der Waals surface area contributed by atoms with E-state index < -0.39 is 5.97 Å². The Morgan fingerprint density at radius 3 is 2.96 bits per heavy atom. The predicted molar refractivity (Wildman–Crippen MR) is 96.7 cm³/mol. The van der Waals surface area contributed by atoms with E-state index in [-0.39, 0.29) is 25.0 Å². The summed E-state index contributed by atoms with van der Waals surface area (Å²) in [5.41, 5.74) is 1.84. The number of nitrogens with zero attached hydrogens (tertiary/aromatic N) is 1. The van der Waals surface area contributed by atoms with Crippen molar-refractivity contribution < 1.29 is 19.4 Å². The molecular weight excluding hydrogens is 346 g/mol. The van der Waals surface area contributed by atoms with Crippen molar-refractivity contribution in [1.82, 2.24) is 4.90 Å². The molecule has 1 atom stereocenters. The second kappa shape index (κ2) is 6.78. The number of benzene rings is 1. The maximum atomic E-state index is 12.4. The van der Waals surface area contributed by atoms with E-state index in [0.717, 1.165) is 16.9 Å². The number of hydrogen-bond acceptors (Lipinski definition) is 5. The highest BCUT2D eigenvalue weighted by molar-refractivity contribution is 8.26. The minimum Gasteiger partial charge on any atom is -0.485 e. The average molecular weight is 361 g/mol. The van der Waals surface area contributed by atoms with Gasteiger partial charge in [0.1, 0.15) is 16.2 Å². The first-order valence-electron chi connectivity index (χ1n) is 7.40. The molecule has 0 unspecified atom stereocenters. The molecule has 1 aromatic rings. The Morgan fingerprint density at radius 1 is 1.46 bits per heavy atom. The van der Waals surface area contributed by atoms with Crippen molar-refractivity contribution in [2.45, 2.75) is 19.4 Å². The van der Waals surface area contributed by atoms with E-state index in [1.165, 1.54) is 16.7 Å². The van der Waals surface area contributed by atoms with Gasteiger partial charge in [-0.05, 0) is 30.7 Å². The Hall–Kier alpha value is -2.12. The number of carbonyl (C=O) groups excluding carboxylic acids is 1. The normalized spacial score (nSPS) is 21.5. The number of amides is 1. The first-order chi connectivity index (χ1) is 11.5. The SMILES string of the molecule is C[C@H]1Oc2ccccc2C=C1/C=C1\SC(=S)N(CCC(=O)O)C1=O. The highest BCUT2D eigenvalue weighted by Crippen LogP contribution is 2.35. The summed E-state index contributed by atoms with van der Waals surface area (Å²) < 4.78 is 6.25. The van der Waals surface area contributed by atoms with Gasteiger partial charge in [0.25, 0.3) is 5.91 Å². The number of carboxylic acid groups (broad SMARTS) is 1. The predicted octanol–water partition coefficient (Wildman–Crippen LogP) is 3.07. The number of hydrogen-bond donors (Lipinski definition) is 1. The lowest BCUT2D eigenvalue weighted by Crippen LogP contribution is -2.30. The van der Waals surface area contributed by atoms with E-state index in [1.54, 1.807) is 6.08 Å². The average Bonchev–Trinajstić information content (AvgIpc) is 2.80. The highest BCUT2D eigenvalue weighted by Gasteiger charge is 2.33. The molecule has 2 aliphatic rings. The zero-order valence-electron chi connectivity index (χ0n) is 12.9. The molecule has 3 rings (SSSR count). The second-order valence-electron chi connectivity index (χ2n) is 5.42. The molecule has 2 heterocycles. The molecule has 1 aromatic carbocycles. The Balaban J connectivity index is 1.84. The first-order valence-corrected chi connectivity index (χ1v) is 8.62. The van der Waals surface area contributed by atoms with Crippen LogP contribution >= 0.6 is 24.0 Å². The van der Waals surface area contributed by atoms with Gasteiger partial charge in [-0.15, -0.1) is 0 Å². The van der Waals surface area contributed by atoms with Crippen LogP contribution in [0.1, 0.15) is 18.9 Å². The molecule has 124 valence electrons. The van der Waals surface area contributed by atoms with Crippen LogP contribution in [0.2, 0.25) is 0 Å². The fraction of sp³-hybridized carbons (Fsp3) is 0.235. The van der Waals surface area contributed by atoms with Crippen LogP contribution in [0.25, 0.3) is 6.08 Å². The summed E-state index contributed by atoms with van der Waals surface area (Å²) in [6, 6.07) is 7.70. The summed E-state index contributed by atoms with van der Waals surface area (Å²) in [4.78, 5) is 25.0. The Labute approximate surface area is 149 Å². The summed E-state index contributed by atoms with van der Waals surface area (Å²) in [6.45, 7) is 2.01. The number of rotatable bonds is 4. The van der Waals surface area contributed by atoms with Gasteiger partial charge >= 0.3 is 5.97 Å². The van der Waals surface area contributed by atoms with E-state index in [4.69, 9.17) is 22.1 Å². The van der Waals surface area contributed by atoms with Crippen molar-refractivity contribution in [3.8, 4) is 5.75 Å². The van der Waals surface area contributed by atoms with Crippen LogP contribution in [0, 0.1) is 0 Å². The van der Waals surface area contributed by atoms with Gasteiger partial charge in [-0.3, -0.25) is 14.5 Å². The maximum Gasteiger partial charge on any atom is 0.305 e. The summed E-state index contributed by atoms with van der Waals surface area (Å²) in [7, 11) is 0. The zero-order chi connectivity index (χ0) is 17.3. The number of para-hydroxylation sites is 1.